The lowest BCUT2D eigenvalue weighted by Crippen LogP contribution is -2.44. The largest absolute Gasteiger partial charge is 0.481 e. The van der Waals surface area contributed by atoms with Crippen LogP contribution in [0.4, 0.5) is 0 Å². The van der Waals surface area contributed by atoms with Crippen molar-refractivity contribution in [2.24, 2.45) is 0 Å². The summed E-state index contributed by atoms with van der Waals surface area (Å²) in [4.78, 5) is 11.0. The Bertz CT molecular complexity index is 499. The highest BCUT2D eigenvalue weighted by atomic mass is 32.2. The van der Waals surface area contributed by atoms with E-state index in [9.17, 15) is 13.2 Å². The Morgan fingerprint density at radius 3 is 1.68 bits per heavy atom. The van der Waals surface area contributed by atoms with E-state index in [-0.39, 0.29) is 12.2 Å². The van der Waals surface area contributed by atoms with Gasteiger partial charge in [-0.2, -0.15) is 8.42 Å². The number of carboxylic acids is 1. The molecule has 168 valence electrons. The second kappa shape index (κ2) is 15.2. The van der Waals surface area contributed by atoms with E-state index in [1.165, 1.54) is 51.4 Å². The van der Waals surface area contributed by atoms with Gasteiger partial charge in [-0.25, -0.2) is 0 Å². The molecule has 0 fully saturated rings. The fourth-order valence-corrected chi connectivity index (χ4v) is 4.51. The van der Waals surface area contributed by atoms with Crippen LogP contribution in [-0.4, -0.2) is 63.5 Å². The summed E-state index contributed by atoms with van der Waals surface area (Å²) in [6.45, 7) is 2.57. The Labute approximate surface area is 173 Å². The predicted molar refractivity (Wildman–Crippen MR) is 115 cm³/mol. The summed E-state index contributed by atoms with van der Waals surface area (Å²) in [5.74, 6) is -1.07. The van der Waals surface area contributed by atoms with Gasteiger partial charge < -0.3 is 9.59 Å². The lowest BCUT2D eigenvalue weighted by atomic mass is 10.1. The van der Waals surface area contributed by atoms with Gasteiger partial charge in [0.05, 0.1) is 33.3 Å². The maximum Gasteiger partial charge on any atom is 0.306 e. The van der Waals surface area contributed by atoms with Crippen LogP contribution in [0.1, 0.15) is 90.4 Å². The molecule has 0 aromatic rings. The number of aliphatic carboxylic acids is 1. The zero-order chi connectivity index (χ0) is 21.5. The van der Waals surface area contributed by atoms with Gasteiger partial charge in [0.25, 0.3) is 10.1 Å². The van der Waals surface area contributed by atoms with Crippen molar-refractivity contribution in [3.05, 3.63) is 0 Å². The van der Waals surface area contributed by atoms with Crippen molar-refractivity contribution in [3.63, 3.8) is 0 Å². The number of quaternary nitrogens is 1. The zero-order valence-corrected chi connectivity index (χ0v) is 19.4. The van der Waals surface area contributed by atoms with Gasteiger partial charge in [0.1, 0.15) is 12.6 Å². The molecule has 28 heavy (non-hydrogen) atoms. The summed E-state index contributed by atoms with van der Waals surface area (Å²) in [7, 11) is 1.97. The van der Waals surface area contributed by atoms with Crippen LogP contribution in [0.25, 0.3) is 0 Å². The van der Waals surface area contributed by atoms with Crippen LogP contribution in [-0.2, 0) is 19.1 Å². The van der Waals surface area contributed by atoms with E-state index in [0.717, 1.165) is 19.3 Å². The van der Waals surface area contributed by atoms with E-state index >= 15 is 0 Å². The van der Waals surface area contributed by atoms with Gasteiger partial charge in [-0.1, -0.05) is 77.6 Å². The maximum absolute atomic E-state index is 12.2. The summed E-state index contributed by atoms with van der Waals surface area (Å²) in [6, 6.07) is 0. The topological polar surface area (TPSA) is 80.7 Å². The normalized spacial score (nSPS) is 13.6. The number of hydrogen-bond donors (Lipinski definition) is 1. The second-order valence-electron chi connectivity index (χ2n) is 8.94. The van der Waals surface area contributed by atoms with E-state index in [4.69, 9.17) is 9.29 Å². The van der Waals surface area contributed by atoms with E-state index in [0.29, 0.717) is 17.4 Å². The monoisotopic (exact) mass is 422 g/mol. The number of unbranched alkanes of at least 4 members (excludes halogenated alkanes) is 11. The fraction of sp³-hybridized carbons (Fsp3) is 0.952. The van der Waals surface area contributed by atoms with Crippen LogP contribution < -0.4 is 0 Å². The van der Waals surface area contributed by atoms with Gasteiger partial charge >= 0.3 is 5.97 Å². The Kier molecular flexibility index (Phi) is 14.9. The molecule has 0 aromatic carbocycles. The summed E-state index contributed by atoms with van der Waals surface area (Å²) >= 11 is 0. The summed E-state index contributed by atoms with van der Waals surface area (Å²) in [5, 5.41) is 8.98. The van der Waals surface area contributed by atoms with Crippen LogP contribution >= 0.6 is 0 Å². The maximum atomic E-state index is 12.2. The Hall–Kier alpha value is -0.660. The van der Waals surface area contributed by atoms with Crippen LogP contribution in [0.5, 0.6) is 0 Å². The Balaban J connectivity index is 3.89. The minimum absolute atomic E-state index is 0.0301. The number of rotatable bonds is 19. The third-order valence-corrected chi connectivity index (χ3v) is 6.04. The molecule has 1 N–H and O–H groups in total. The molecule has 0 bridgehead atoms. The first kappa shape index (κ1) is 27.3. The number of carboxylic acid groups (broad SMARTS) is 1. The van der Waals surface area contributed by atoms with Crippen molar-refractivity contribution in [3.8, 4) is 0 Å². The average molecular weight is 423 g/mol. The molecule has 7 heteroatoms. The summed E-state index contributed by atoms with van der Waals surface area (Å²) < 4.78 is 30.0. The van der Waals surface area contributed by atoms with Crippen molar-refractivity contribution >= 4 is 16.1 Å². The SMILES string of the molecule is CCCCCCCCCCCCCCS(=O)(=O)O[C@H](CC(=O)O)C[N+](C)(C)C. The van der Waals surface area contributed by atoms with E-state index in [1.54, 1.807) is 0 Å². The first-order chi connectivity index (χ1) is 13.1. The molecule has 6 nitrogen and oxygen atoms in total. The van der Waals surface area contributed by atoms with Crippen LogP contribution in [0.3, 0.4) is 0 Å². The molecular formula is C21H44NO5S+. The fourth-order valence-electron chi connectivity index (χ4n) is 3.31. The predicted octanol–water partition coefficient (Wildman–Crippen LogP) is 4.58. The molecule has 0 unspecified atom stereocenters. The highest BCUT2D eigenvalue weighted by Crippen LogP contribution is 2.14. The highest BCUT2D eigenvalue weighted by molar-refractivity contribution is 7.86. The lowest BCUT2D eigenvalue weighted by molar-refractivity contribution is -0.873. The van der Waals surface area contributed by atoms with Crippen molar-refractivity contribution < 1.29 is 27.0 Å². The Morgan fingerprint density at radius 2 is 1.29 bits per heavy atom. The highest BCUT2D eigenvalue weighted by Gasteiger charge is 2.27. The summed E-state index contributed by atoms with van der Waals surface area (Å²) in [5.41, 5.74) is 0. The third kappa shape index (κ3) is 18.7. The van der Waals surface area contributed by atoms with Gasteiger partial charge in [0, 0.05) is 0 Å². The van der Waals surface area contributed by atoms with Crippen LogP contribution in [0, 0.1) is 0 Å². The molecule has 0 amide bonds. The van der Waals surface area contributed by atoms with Crippen molar-refractivity contribution in [1.29, 1.82) is 0 Å². The molecule has 0 radical (unpaired) electrons. The van der Waals surface area contributed by atoms with Gasteiger partial charge in [0.15, 0.2) is 0 Å². The van der Waals surface area contributed by atoms with E-state index < -0.39 is 22.2 Å². The molecular weight excluding hydrogens is 378 g/mol. The molecule has 0 aliphatic carbocycles. The quantitative estimate of drug-likeness (QED) is 0.187. The van der Waals surface area contributed by atoms with Crippen molar-refractivity contribution in [1.82, 2.24) is 0 Å². The standard InChI is InChI=1S/C21H43NO5S/c1-5-6-7-8-9-10-11-12-13-14-15-16-17-28(25,26)27-20(18-21(23)24)19-22(2,3)4/h20H,5-19H2,1-4H3/p+1/t20-/m1/s1. The zero-order valence-electron chi connectivity index (χ0n) is 18.6. The number of hydrogen-bond acceptors (Lipinski definition) is 4. The van der Waals surface area contributed by atoms with E-state index in [2.05, 4.69) is 6.92 Å². The number of nitrogens with zero attached hydrogens (tertiary/aromatic N) is 1. The molecule has 0 aromatic heterocycles. The minimum atomic E-state index is -3.68. The van der Waals surface area contributed by atoms with Gasteiger partial charge in [0.2, 0.25) is 0 Å². The molecule has 0 heterocycles. The molecule has 0 aliphatic rings. The Morgan fingerprint density at radius 1 is 0.857 bits per heavy atom. The molecule has 0 aliphatic heterocycles. The second-order valence-corrected chi connectivity index (χ2v) is 10.7. The molecule has 1 atom stereocenters. The van der Waals surface area contributed by atoms with Crippen LogP contribution in [0.2, 0.25) is 0 Å². The molecule has 0 rings (SSSR count). The number of carbonyl (C=O) groups is 1. The minimum Gasteiger partial charge on any atom is -0.481 e. The number of likely N-dealkylation sites (N-methyl/N-ethyl adjacent to an activating group) is 1. The smallest absolute Gasteiger partial charge is 0.306 e. The van der Waals surface area contributed by atoms with Crippen molar-refractivity contribution in [2.75, 3.05) is 33.4 Å². The first-order valence-electron chi connectivity index (χ1n) is 11.0. The third-order valence-electron chi connectivity index (χ3n) is 4.68. The van der Waals surface area contributed by atoms with Gasteiger partial charge in [-0.05, 0) is 6.42 Å². The van der Waals surface area contributed by atoms with Crippen molar-refractivity contribution in [2.45, 2.75) is 96.5 Å². The first-order valence-corrected chi connectivity index (χ1v) is 12.6. The molecule has 0 spiro atoms. The molecule has 0 saturated heterocycles. The van der Waals surface area contributed by atoms with Crippen LogP contribution in [0.15, 0.2) is 0 Å². The van der Waals surface area contributed by atoms with Gasteiger partial charge in [-0.3, -0.25) is 8.98 Å². The molecule has 0 saturated carbocycles. The van der Waals surface area contributed by atoms with Gasteiger partial charge in [-0.15, -0.1) is 0 Å². The van der Waals surface area contributed by atoms with E-state index in [1.807, 2.05) is 21.1 Å². The average Bonchev–Trinajstić information content (AvgIpc) is 2.53. The lowest BCUT2D eigenvalue weighted by Gasteiger charge is -2.28. The summed E-state index contributed by atoms with van der Waals surface area (Å²) in [6.07, 6.45) is 13.0.